The summed E-state index contributed by atoms with van der Waals surface area (Å²) in [6.45, 7) is 9.24. The van der Waals surface area contributed by atoms with Crippen molar-refractivity contribution in [3.05, 3.63) is 17.8 Å². The second-order valence-electron chi connectivity index (χ2n) is 5.65. The number of ether oxygens (including phenoxy) is 1. The predicted molar refractivity (Wildman–Crippen MR) is 74.6 cm³/mol. The average molecular weight is 249 g/mol. The molecule has 1 heterocycles. The van der Waals surface area contributed by atoms with Crippen molar-refractivity contribution >= 4 is 11.5 Å². The average Bonchev–Trinajstić information content (AvgIpc) is 2.30. The number of nitrogens with zero attached hydrogens (tertiary/aromatic N) is 1. The molecule has 18 heavy (non-hydrogen) atoms. The normalized spacial score (nSPS) is 25.6. The van der Waals surface area contributed by atoms with E-state index in [4.69, 9.17) is 10.5 Å². The molecule has 4 heteroatoms. The maximum absolute atomic E-state index is 5.97. The Kier molecular flexibility index (Phi) is 3.48. The van der Waals surface area contributed by atoms with Crippen molar-refractivity contribution in [2.24, 2.45) is 5.41 Å². The number of nitrogens with one attached hydrogen (secondary N) is 1. The van der Waals surface area contributed by atoms with E-state index in [-0.39, 0.29) is 5.41 Å². The highest BCUT2D eigenvalue weighted by molar-refractivity contribution is 5.62. The summed E-state index contributed by atoms with van der Waals surface area (Å²) in [5.74, 6) is 0.786. The van der Waals surface area contributed by atoms with E-state index in [2.05, 4.69) is 24.1 Å². The van der Waals surface area contributed by atoms with Crippen molar-refractivity contribution in [2.75, 3.05) is 17.7 Å². The first kappa shape index (κ1) is 13.1. The number of hydrogen-bond acceptors (Lipinski definition) is 4. The Labute approximate surface area is 109 Å². The van der Waals surface area contributed by atoms with E-state index in [0.717, 1.165) is 24.4 Å². The van der Waals surface area contributed by atoms with Crippen LogP contribution < -0.4 is 11.1 Å². The molecule has 2 atom stereocenters. The van der Waals surface area contributed by atoms with E-state index in [1.807, 2.05) is 26.1 Å². The predicted octanol–water partition coefficient (Wildman–Crippen LogP) is 2.59. The molecule has 1 aliphatic rings. The zero-order valence-corrected chi connectivity index (χ0v) is 11.7. The van der Waals surface area contributed by atoms with Crippen molar-refractivity contribution in [1.82, 2.24) is 4.98 Å². The summed E-state index contributed by atoms with van der Waals surface area (Å²) in [5.41, 5.74) is 7.89. The first-order chi connectivity index (χ1) is 8.45. The second-order valence-corrected chi connectivity index (χ2v) is 5.65. The van der Waals surface area contributed by atoms with Crippen LogP contribution in [0.1, 0.15) is 32.8 Å². The molecule has 1 fully saturated rings. The summed E-state index contributed by atoms with van der Waals surface area (Å²) in [6, 6.07) is 2.31. The van der Waals surface area contributed by atoms with Crippen LogP contribution in [0.5, 0.6) is 0 Å². The van der Waals surface area contributed by atoms with Gasteiger partial charge in [0.1, 0.15) is 5.82 Å². The van der Waals surface area contributed by atoms with Crippen LogP contribution >= 0.6 is 0 Å². The third kappa shape index (κ3) is 2.29. The van der Waals surface area contributed by atoms with Crippen LogP contribution in [0.15, 0.2) is 12.3 Å². The fourth-order valence-electron chi connectivity index (χ4n) is 2.49. The zero-order valence-electron chi connectivity index (χ0n) is 11.7. The van der Waals surface area contributed by atoms with Crippen molar-refractivity contribution in [3.8, 4) is 0 Å². The summed E-state index contributed by atoms with van der Waals surface area (Å²) >= 11 is 0. The molecule has 0 amide bonds. The molecule has 1 aromatic rings. The van der Waals surface area contributed by atoms with E-state index in [9.17, 15) is 0 Å². The van der Waals surface area contributed by atoms with Crippen molar-refractivity contribution in [1.29, 1.82) is 0 Å². The van der Waals surface area contributed by atoms with E-state index < -0.39 is 0 Å². The molecule has 2 rings (SSSR count). The van der Waals surface area contributed by atoms with Gasteiger partial charge in [-0.2, -0.15) is 0 Å². The number of aromatic nitrogens is 1. The minimum absolute atomic E-state index is 0.120. The van der Waals surface area contributed by atoms with Gasteiger partial charge in [0.25, 0.3) is 0 Å². The number of hydrogen-bond donors (Lipinski definition) is 2. The fraction of sp³-hybridized carbons (Fsp3) is 0.643. The molecule has 100 valence electrons. The molecule has 0 saturated heterocycles. The smallest absolute Gasteiger partial charge is 0.149 e. The zero-order chi connectivity index (χ0) is 13.3. The molecule has 1 saturated carbocycles. The number of pyridine rings is 1. The summed E-state index contributed by atoms with van der Waals surface area (Å²) in [7, 11) is 0. The van der Waals surface area contributed by atoms with E-state index in [1.165, 1.54) is 0 Å². The lowest BCUT2D eigenvalue weighted by molar-refractivity contribution is -0.0976. The Balaban J connectivity index is 2.03. The third-order valence-corrected chi connectivity index (χ3v) is 3.91. The highest BCUT2D eigenvalue weighted by Crippen LogP contribution is 2.44. The van der Waals surface area contributed by atoms with E-state index in [1.54, 1.807) is 0 Å². The lowest BCUT2D eigenvalue weighted by atomic mass is 9.64. The highest BCUT2D eigenvalue weighted by Gasteiger charge is 2.49. The van der Waals surface area contributed by atoms with Gasteiger partial charge in [0.05, 0.1) is 11.8 Å². The maximum Gasteiger partial charge on any atom is 0.149 e. The summed E-state index contributed by atoms with van der Waals surface area (Å²) in [4.78, 5) is 4.36. The first-order valence-electron chi connectivity index (χ1n) is 6.55. The molecule has 4 nitrogen and oxygen atoms in total. The molecule has 0 bridgehead atoms. The van der Waals surface area contributed by atoms with Gasteiger partial charge in [0.15, 0.2) is 0 Å². The standard InChI is InChI=1S/C14H23N3O/c1-5-18-12-7-11(14(12,3)4)17-13-10(15)6-9(2)8-16-13/h6,8,11-12H,5,7,15H2,1-4H3,(H,16,17). The maximum atomic E-state index is 5.97. The number of nitrogen functional groups attached to an aromatic ring is 1. The SMILES string of the molecule is CCOC1CC(Nc2ncc(C)cc2N)C1(C)C. The van der Waals surface area contributed by atoms with E-state index >= 15 is 0 Å². The van der Waals surface area contributed by atoms with Crippen molar-refractivity contribution in [3.63, 3.8) is 0 Å². The van der Waals surface area contributed by atoms with Crippen LogP contribution in [0, 0.1) is 12.3 Å². The van der Waals surface area contributed by atoms with Gasteiger partial charge in [-0.25, -0.2) is 4.98 Å². The minimum atomic E-state index is 0.120. The quantitative estimate of drug-likeness (QED) is 0.861. The molecule has 0 aliphatic heterocycles. The van der Waals surface area contributed by atoms with Gasteiger partial charge in [-0.1, -0.05) is 13.8 Å². The van der Waals surface area contributed by atoms with Gasteiger partial charge in [-0.15, -0.1) is 0 Å². The molecule has 1 aliphatic carbocycles. The Hall–Kier alpha value is -1.29. The molecule has 0 aromatic carbocycles. The molecule has 2 unspecified atom stereocenters. The minimum Gasteiger partial charge on any atom is -0.396 e. The first-order valence-corrected chi connectivity index (χ1v) is 6.55. The van der Waals surface area contributed by atoms with Gasteiger partial charge in [-0.05, 0) is 31.9 Å². The summed E-state index contributed by atoms with van der Waals surface area (Å²) < 4.78 is 5.72. The molecular formula is C14H23N3O. The van der Waals surface area contributed by atoms with Crippen molar-refractivity contribution in [2.45, 2.75) is 46.3 Å². The van der Waals surface area contributed by atoms with Crippen LogP contribution in [-0.2, 0) is 4.74 Å². The summed E-state index contributed by atoms with van der Waals surface area (Å²) in [6.07, 6.45) is 3.17. The van der Waals surface area contributed by atoms with Gasteiger partial charge in [-0.3, -0.25) is 0 Å². The number of anilines is 2. The monoisotopic (exact) mass is 249 g/mol. The number of nitrogens with two attached hydrogens (primary N) is 1. The Morgan fingerprint density at radius 2 is 2.28 bits per heavy atom. The lowest BCUT2D eigenvalue weighted by Crippen LogP contribution is -2.58. The van der Waals surface area contributed by atoms with E-state index in [0.29, 0.717) is 17.8 Å². The largest absolute Gasteiger partial charge is 0.396 e. The summed E-state index contributed by atoms with van der Waals surface area (Å²) in [5, 5.41) is 3.44. The Morgan fingerprint density at radius 3 is 2.83 bits per heavy atom. The third-order valence-electron chi connectivity index (χ3n) is 3.91. The fourth-order valence-corrected chi connectivity index (χ4v) is 2.49. The van der Waals surface area contributed by atoms with Crippen LogP contribution in [0.4, 0.5) is 11.5 Å². The van der Waals surface area contributed by atoms with Gasteiger partial charge in [0, 0.05) is 24.3 Å². The lowest BCUT2D eigenvalue weighted by Gasteiger charge is -2.51. The van der Waals surface area contributed by atoms with Gasteiger partial charge < -0.3 is 15.8 Å². The molecule has 1 aromatic heterocycles. The highest BCUT2D eigenvalue weighted by atomic mass is 16.5. The van der Waals surface area contributed by atoms with Crippen molar-refractivity contribution < 1.29 is 4.74 Å². The van der Waals surface area contributed by atoms with Crippen LogP contribution in [0.2, 0.25) is 0 Å². The number of aryl methyl sites for hydroxylation is 1. The Bertz CT molecular complexity index is 431. The van der Waals surface area contributed by atoms with Crippen LogP contribution in [0.25, 0.3) is 0 Å². The molecule has 0 radical (unpaired) electrons. The topological polar surface area (TPSA) is 60.2 Å². The van der Waals surface area contributed by atoms with Gasteiger partial charge in [0.2, 0.25) is 0 Å². The Morgan fingerprint density at radius 1 is 1.56 bits per heavy atom. The molecule has 3 N–H and O–H groups in total. The molecular weight excluding hydrogens is 226 g/mol. The number of rotatable bonds is 4. The second kappa shape index (κ2) is 4.76. The van der Waals surface area contributed by atoms with Crippen LogP contribution in [-0.4, -0.2) is 23.7 Å². The molecule has 0 spiro atoms. The van der Waals surface area contributed by atoms with Crippen LogP contribution in [0.3, 0.4) is 0 Å². The van der Waals surface area contributed by atoms with Gasteiger partial charge >= 0.3 is 0 Å².